The van der Waals surface area contributed by atoms with Gasteiger partial charge in [0.2, 0.25) is 5.91 Å². The Hall–Kier alpha value is -3.27. The van der Waals surface area contributed by atoms with E-state index in [2.05, 4.69) is 14.7 Å². The van der Waals surface area contributed by atoms with E-state index in [9.17, 15) is 14.4 Å². The molecule has 25 heavy (non-hydrogen) atoms. The molecule has 0 aliphatic heterocycles. The molecular weight excluding hydrogens is 346 g/mol. The number of anilines is 1. The summed E-state index contributed by atoms with van der Waals surface area (Å²) in [5.74, 6) is -0.486. The number of nitrogens with zero attached hydrogens (tertiary/aromatic N) is 3. The standard InChI is InChI=1S/C15H13N5O4S/c1-24-9-4-2-8(3-5-9)18-10(21)6-20-7-17-11-12(14(16)22)19-25-13(11)15(20)23/h2-5,7H,6H2,1H3,(H2,16,22)(H,18,21). The number of primary amides is 1. The molecule has 0 bridgehead atoms. The Kier molecular flexibility index (Phi) is 4.44. The Labute approximate surface area is 145 Å². The second-order valence-corrected chi connectivity index (χ2v) is 5.80. The van der Waals surface area contributed by atoms with Crippen molar-refractivity contribution < 1.29 is 14.3 Å². The van der Waals surface area contributed by atoms with Gasteiger partial charge >= 0.3 is 0 Å². The van der Waals surface area contributed by atoms with Gasteiger partial charge in [-0.25, -0.2) is 4.98 Å². The summed E-state index contributed by atoms with van der Waals surface area (Å²) in [4.78, 5) is 39.8. The minimum Gasteiger partial charge on any atom is -0.497 e. The van der Waals surface area contributed by atoms with Gasteiger partial charge in [-0.3, -0.25) is 19.0 Å². The van der Waals surface area contributed by atoms with Crippen molar-refractivity contribution in [2.75, 3.05) is 12.4 Å². The van der Waals surface area contributed by atoms with Crippen LogP contribution in [0.4, 0.5) is 5.69 Å². The number of benzene rings is 1. The Balaban J connectivity index is 1.80. The van der Waals surface area contributed by atoms with Crippen LogP contribution in [0.25, 0.3) is 10.2 Å². The van der Waals surface area contributed by atoms with E-state index in [0.717, 1.165) is 16.1 Å². The molecule has 0 aliphatic rings. The summed E-state index contributed by atoms with van der Waals surface area (Å²) in [5.41, 5.74) is 5.39. The van der Waals surface area contributed by atoms with E-state index < -0.39 is 17.4 Å². The van der Waals surface area contributed by atoms with Crippen LogP contribution < -0.4 is 21.3 Å². The van der Waals surface area contributed by atoms with Crippen LogP contribution in [0.1, 0.15) is 10.5 Å². The summed E-state index contributed by atoms with van der Waals surface area (Å²) in [6.07, 6.45) is 1.19. The zero-order valence-electron chi connectivity index (χ0n) is 13.1. The number of rotatable bonds is 5. The second kappa shape index (κ2) is 6.69. The number of carbonyl (C=O) groups is 2. The van der Waals surface area contributed by atoms with Crippen molar-refractivity contribution in [2.45, 2.75) is 6.54 Å². The number of amides is 2. The highest BCUT2D eigenvalue weighted by Gasteiger charge is 2.17. The zero-order chi connectivity index (χ0) is 18.0. The second-order valence-electron chi connectivity index (χ2n) is 5.03. The average molecular weight is 359 g/mol. The predicted octanol–water partition coefficient (Wildman–Crippen LogP) is 0.599. The van der Waals surface area contributed by atoms with Crippen LogP contribution in [0.5, 0.6) is 5.75 Å². The van der Waals surface area contributed by atoms with Crippen molar-refractivity contribution in [3.8, 4) is 5.75 Å². The lowest BCUT2D eigenvalue weighted by molar-refractivity contribution is -0.116. The quantitative estimate of drug-likeness (QED) is 0.686. The highest BCUT2D eigenvalue weighted by Crippen LogP contribution is 2.17. The van der Waals surface area contributed by atoms with Crippen LogP contribution >= 0.6 is 11.5 Å². The first-order valence-corrected chi connectivity index (χ1v) is 7.85. The third kappa shape index (κ3) is 3.33. The number of carbonyl (C=O) groups excluding carboxylic acids is 2. The molecule has 3 rings (SSSR count). The fourth-order valence-electron chi connectivity index (χ4n) is 2.16. The Bertz CT molecular complexity index is 1010. The van der Waals surface area contributed by atoms with Crippen LogP contribution in [-0.4, -0.2) is 32.8 Å². The topological polar surface area (TPSA) is 129 Å². The maximum atomic E-state index is 12.4. The molecule has 0 aliphatic carbocycles. The third-order valence-corrected chi connectivity index (χ3v) is 4.19. The summed E-state index contributed by atoms with van der Waals surface area (Å²) in [5, 5.41) is 2.67. The van der Waals surface area contributed by atoms with Gasteiger partial charge in [0.1, 0.15) is 22.5 Å². The van der Waals surface area contributed by atoms with Crippen molar-refractivity contribution >= 4 is 39.3 Å². The molecule has 1 aromatic carbocycles. The number of fused-ring (bicyclic) bond motifs is 1. The van der Waals surface area contributed by atoms with E-state index in [1.54, 1.807) is 31.4 Å². The number of nitrogens with two attached hydrogens (primary N) is 1. The third-order valence-electron chi connectivity index (χ3n) is 3.37. The molecule has 2 aromatic heterocycles. The Morgan fingerprint density at radius 3 is 2.68 bits per heavy atom. The molecule has 0 spiro atoms. The maximum Gasteiger partial charge on any atom is 0.273 e. The number of methoxy groups -OCH3 is 1. The largest absolute Gasteiger partial charge is 0.497 e. The molecule has 0 radical (unpaired) electrons. The first kappa shape index (κ1) is 16.6. The fourth-order valence-corrected chi connectivity index (χ4v) is 2.95. The SMILES string of the molecule is COc1ccc(NC(=O)Cn2cnc3c(C(N)=O)nsc3c2=O)cc1. The summed E-state index contributed by atoms with van der Waals surface area (Å²) in [7, 11) is 1.55. The summed E-state index contributed by atoms with van der Waals surface area (Å²) in [6.45, 7) is -0.225. The molecule has 2 amide bonds. The van der Waals surface area contributed by atoms with E-state index >= 15 is 0 Å². The van der Waals surface area contributed by atoms with Crippen molar-refractivity contribution in [1.82, 2.24) is 13.9 Å². The molecule has 0 fully saturated rings. The monoisotopic (exact) mass is 359 g/mol. The molecule has 2 heterocycles. The summed E-state index contributed by atoms with van der Waals surface area (Å²) in [6, 6.07) is 6.78. The maximum absolute atomic E-state index is 12.4. The van der Waals surface area contributed by atoms with Crippen LogP contribution in [0, 0.1) is 0 Å². The fraction of sp³-hybridized carbons (Fsp3) is 0.133. The number of hydrogen-bond donors (Lipinski definition) is 2. The normalized spacial score (nSPS) is 10.6. The van der Waals surface area contributed by atoms with Crippen molar-refractivity contribution in [2.24, 2.45) is 5.73 Å². The van der Waals surface area contributed by atoms with Crippen LogP contribution in [-0.2, 0) is 11.3 Å². The van der Waals surface area contributed by atoms with Gasteiger partial charge in [-0.2, -0.15) is 4.37 Å². The van der Waals surface area contributed by atoms with E-state index in [1.165, 1.54) is 6.33 Å². The molecule has 0 saturated heterocycles. The lowest BCUT2D eigenvalue weighted by Crippen LogP contribution is -2.27. The molecule has 3 N–H and O–H groups in total. The minimum absolute atomic E-state index is 0.0491. The van der Waals surface area contributed by atoms with Crippen LogP contribution in [0.2, 0.25) is 0 Å². The zero-order valence-corrected chi connectivity index (χ0v) is 13.9. The lowest BCUT2D eigenvalue weighted by atomic mass is 10.3. The number of ether oxygens (including phenoxy) is 1. The average Bonchev–Trinajstić information content (AvgIpc) is 3.03. The first-order chi connectivity index (χ1) is 12.0. The van der Waals surface area contributed by atoms with Gasteiger partial charge in [0.15, 0.2) is 5.69 Å². The molecule has 128 valence electrons. The van der Waals surface area contributed by atoms with E-state index in [0.29, 0.717) is 11.4 Å². The molecule has 0 atom stereocenters. The van der Waals surface area contributed by atoms with Gasteiger partial charge in [-0.15, -0.1) is 0 Å². The Morgan fingerprint density at radius 2 is 2.04 bits per heavy atom. The van der Waals surface area contributed by atoms with Crippen molar-refractivity contribution in [1.29, 1.82) is 0 Å². The first-order valence-electron chi connectivity index (χ1n) is 7.08. The van der Waals surface area contributed by atoms with Crippen LogP contribution in [0.3, 0.4) is 0 Å². The minimum atomic E-state index is -0.756. The molecule has 0 unspecified atom stereocenters. The van der Waals surface area contributed by atoms with Gasteiger partial charge in [0, 0.05) is 5.69 Å². The number of aromatic nitrogens is 3. The van der Waals surface area contributed by atoms with Crippen LogP contribution in [0.15, 0.2) is 35.4 Å². The van der Waals surface area contributed by atoms with Gasteiger partial charge in [0.25, 0.3) is 11.5 Å². The lowest BCUT2D eigenvalue weighted by Gasteiger charge is -2.07. The van der Waals surface area contributed by atoms with Gasteiger partial charge in [-0.1, -0.05) is 0 Å². The highest BCUT2D eigenvalue weighted by atomic mass is 32.1. The number of nitrogens with one attached hydrogen (secondary N) is 1. The summed E-state index contributed by atoms with van der Waals surface area (Å²) < 4.78 is 10.2. The van der Waals surface area contributed by atoms with Crippen molar-refractivity contribution in [3.63, 3.8) is 0 Å². The molecule has 9 nitrogen and oxygen atoms in total. The number of hydrogen-bond acceptors (Lipinski definition) is 7. The Morgan fingerprint density at radius 1 is 1.32 bits per heavy atom. The molecular formula is C15H13N5O4S. The van der Waals surface area contributed by atoms with E-state index in [4.69, 9.17) is 10.5 Å². The molecule has 10 heteroatoms. The predicted molar refractivity (Wildman–Crippen MR) is 91.8 cm³/mol. The van der Waals surface area contributed by atoms with Crippen molar-refractivity contribution in [3.05, 3.63) is 46.6 Å². The summed E-state index contributed by atoms with van der Waals surface area (Å²) >= 11 is 0.826. The van der Waals surface area contributed by atoms with E-state index in [1.807, 2.05) is 0 Å². The van der Waals surface area contributed by atoms with Gasteiger partial charge in [0.05, 0.1) is 13.4 Å². The van der Waals surface area contributed by atoms with Gasteiger partial charge in [-0.05, 0) is 35.8 Å². The molecule has 3 aromatic rings. The van der Waals surface area contributed by atoms with Gasteiger partial charge < -0.3 is 15.8 Å². The smallest absolute Gasteiger partial charge is 0.273 e. The van der Waals surface area contributed by atoms with E-state index in [-0.39, 0.29) is 22.5 Å². The molecule has 0 saturated carbocycles. The highest BCUT2D eigenvalue weighted by molar-refractivity contribution is 7.13.